The standard InChI is InChI=1S/C10H11.C2H6.W/c1-8-6-7-9-4-2-3-5-10(8)9;1-2;/h2-6,8H,7H2,1H3;1-2H3;/q-1;;. The molecule has 0 spiro atoms. The molecule has 13 heavy (non-hydrogen) atoms. The van der Waals surface area contributed by atoms with Gasteiger partial charge in [-0.3, -0.25) is 0 Å². The maximum absolute atomic E-state index is 2.37. The summed E-state index contributed by atoms with van der Waals surface area (Å²) in [7, 11) is 0. The molecule has 0 heterocycles. The van der Waals surface area contributed by atoms with Crippen molar-refractivity contribution in [1.29, 1.82) is 0 Å². The number of benzene rings is 1. The molecule has 1 heteroatoms. The Balaban J connectivity index is 0.000000451. The monoisotopic (exact) mass is 345 g/mol. The molecular formula is C12H17W-. The molecule has 0 saturated heterocycles. The molecule has 0 N–H and O–H groups in total. The van der Waals surface area contributed by atoms with E-state index >= 15 is 0 Å². The average molecular weight is 345 g/mol. The summed E-state index contributed by atoms with van der Waals surface area (Å²) in [6.07, 6.45) is 3.53. The van der Waals surface area contributed by atoms with Gasteiger partial charge in [-0.2, -0.15) is 6.42 Å². The molecule has 1 unspecified atom stereocenters. The summed E-state index contributed by atoms with van der Waals surface area (Å²) in [5.41, 5.74) is 3.03. The molecular weight excluding hydrogens is 328 g/mol. The number of rotatable bonds is 0. The first-order chi connectivity index (χ1) is 5.88. The summed E-state index contributed by atoms with van der Waals surface area (Å²) < 4.78 is 0. The van der Waals surface area contributed by atoms with Crippen molar-refractivity contribution in [2.75, 3.05) is 0 Å². The smallest absolute Gasteiger partial charge is 0 e. The van der Waals surface area contributed by atoms with E-state index in [4.69, 9.17) is 0 Å². The van der Waals surface area contributed by atoms with Gasteiger partial charge in [0, 0.05) is 21.1 Å². The topological polar surface area (TPSA) is 0 Å². The van der Waals surface area contributed by atoms with Gasteiger partial charge in [0.1, 0.15) is 0 Å². The van der Waals surface area contributed by atoms with Crippen molar-refractivity contribution in [3.05, 3.63) is 41.8 Å². The third kappa shape index (κ3) is 2.95. The minimum atomic E-state index is 0. The fourth-order valence-corrected chi connectivity index (χ4v) is 1.60. The van der Waals surface area contributed by atoms with E-state index in [1.807, 2.05) is 13.8 Å². The molecule has 0 radical (unpaired) electrons. The summed E-state index contributed by atoms with van der Waals surface area (Å²) in [6, 6.07) is 8.68. The predicted octanol–water partition coefficient (Wildman–Crippen LogP) is 3.57. The van der Waals surface area contributed by atoms with Gasteiger partial charge in [0.15, 0.2) is 0 Å². The van der Waals surface area contributed by atoms with Crippen molar-refractivity contribution >= 4 is 0 Å². The second kappa shape index (κ2) is 6.38. The van der Waals surface area contributed by atoms with Gasteiger partial charge in [-0.1, -0.05) is 56.2 Å². The number of hydrogen-bond acceptors (Lipinski definition) is 0. The van der Waals surface area contributed by atoms with Crippen LogP contribution in [0, 0.1) is 6.42 Å². The zero-order chi connectivity index (χ0) is 8.97. The summed E-state index contributed by atoms with van der Waals surface area (Å²) in [4.78, 5) is 0. The van der Waals surface area contributed by atoms with Crippen molar-refractivity contribution in [3.8, 4) is 0 Å². The van der Waals surface area contributed by atoms with E-state index in [1.165, 1.54) is 11.1 Å². The summed E-state index contributed by atoms with van der Waals surface area (Å²) in [5, 5.41) is 0. The van der Waals surface area contributed by atoms with Gasteiger partial charge in [0.25, 0.3) is 0 Å². The third-order valence-corrected chi connectivity index (χ3v) is 2.24. The van der Waals surface area contributed by atoms with E-state index in [2.05, 4.69) is 37.6 Å². The molecule has 0 bridgehead atoms. The zero-order valence-corrected chi connectivity index (χ0v) is 11.5. The van der Waals surface area contributed by atoms with Crippen LogP contribution in [0.3, 0.4) is 0 Å². The predicted molar refractivity (Wildman–Crippen MR) is 54.2 cm³/mol. The van der Waals surface area contributed by atoms with Crippen molar-refractivity contribution < 1.29 is 21.1 Å². The normalized spacial score (nSPS) is 17.9. The molecule has 0 aromatic heterocycles. The molecule has 72 valence electrons. The van der Waals surface area contributed by atoms with E-state index in [-0.39, 0.29) is 21.1 Å². The quantitative estimate of drug-likeness (QED) is 0.631. The van der Waals surface area contributed by atoms with E-state index in [9.17, 15) is 0 Å². The van der Waals surface area contributed by atoms with Crippen LogP contribution in [0.25, 0.3) is 0 Å². The second-order valence-electron chi connectivity index (χ2n) is 2.93. The van der Waals surface area contributed by atoms with Gasteiger partial charge in [-0.05, 0) is 0 Å². The van der Waals surface area contributed by atoms with Crippen LogP contribution in [0.1, 0.15) is 37.8 Å². The van der Waals surface area contributed by atoms with Crippen molar-refractivity contribution in [3.63, 3.8) is 0 Å². The van der Waals surface area contributed by atoms with Crippen molar-refractivity contribution in [2.24, 2.45) is 0 Å². The Morgan fingerprint density at radius 1 is 1.23 bits per heavy atom. The van der Waals surface area contributed by atoms with Crippen LogP contribution in [0.5, 0.6) is 0 Å². The minimum absolute atomic E-state index is 0. The molecule has 0 amide bonds. The Kier molecular flexibility index (Phi) is 6.33. The van der Waals surface area contributed by atoms with Crippen LogP contribution in [0.4, 0.5) is 0 Å². The molecule has 1 aromatic rings. The molecule has 0 fully saturated rings. The zero-order valence-electron chi connectivity index (χ0n) is 8.58. The fourth-order valence-electron chi connectivity index (χ4n) is 1.60. The minimum Gasteiger partial charge on any atom is -0.317 e. The Morgan fingerprint density at radius 2 is 1.85 bits per heavy atom. The molecule has 0 aliphatic heterocycles. The van der Waals surface area contributed by atoms with E-state index in [1.54, 1.807) is 0 Å². The summed E-state index contributed by atoms with van der Waals surface area (Å²) in [5.74, 6) is 0.677. The first-order valence-electron chi connectivity index (χ1n) is 4.79. The largest absolute Gasteiger partial charge is 0.317 e. The Hall–Kier alpha value is -0.0917. The third-order valence-electron chi connectivity index (χ3n) is 2.24. The molecule has 1 aromatic carbocycles. The van der Waals surface area contributed by atoms with Crippen molar-refractivity contribution in [1.82, 2.24) is 0 Å². The van der Waals surface area contributed by atoms with Gasteiger partial charge < -0.3 is 6.42 Å². The van der Waals surface area contributed by atoms with Gasteiger partial charge in [0.2, 0.25) is 0 Å². The molecule has 1 atom stereocenters. The molecule has 1 aliphatic rings. The fraction of sp³-hybridized carbons (Fsp3) is 0.417. The first-order valence-corrected chi connectivity index (χ1v) is 4.79. The van der Waals surface area contributed by atoms with Gasteiger partial charge >= 0.3 is 0 Å². The average Bonchev–Trinajstić information content (AvgIpc) is 2.53. The summed E-state index contributed by atoms with van der Waals surface area (Å²) >= 11 is 0. The van der Waals surface area contributed by atoms with E-state index in [0.717, 1.165) is 6.42 Å². The van der Waals surface area contributed by atoms with Crippen LogP contribution < -0.4 is 0 Å². The van der Waals surface area contributed by atoms with E-state index < -0.39 is 0 Å². The Bertz CT molecular complexity index is 243. The molecule has 0 saturated carbocycles. The van der Waals surface area contributed by atoms with E-state index in [0.29, 0.717) is 5.92 Å². The first kappa shape index (κ1) is 12.9. The molecule has 2 rings (SSSR count). The second-order valence-corrected chi connectivity index (χ2v) is 2.93. The van der Waals surface area contributed by atoms with Crippen LogP contribution in [0.2, 0.25) is 0 Å². The van der Waals surface area contributed by atoms with Crippen LogP contribution in [0.15, 0.2) is 24.3 Å². The Morgan fingerprint density at radius 3 is 2.46 bits per heavy atom. The molecule has 1 aliphatic carbocycles. The number of fused-ring (bicyclic) bond motifs is 1. The maximum atomic E-state index is 2.37. The van der Waals surface area contributed by atoms with Gasteiger partial charge in [0.05, 0.1) is 0 Å². The Labute approximate surface area is 96.0 Å². The van der Waals surface area contributed by atoms with Crippen LogP contribution in [-0.4, -0.2) is 0 Å². The molecule has 0 nitrogen and oxygen atoms in total. The number of hydrogen-bond donors (Lipinski definition) is 0. The maximum Gasteiger partial charge on any atom is 0 e. The summed E-state index contributed by atoms with van der Waals surface area (Å²) in [6.45, 7) is 6.26. The van der Waals surface area contributed by atoms with Crippen LogP contribution in [-0.2, 0) is 27.5 Å². The van der Waals surface area contributed by atoms with Gasteiger partial charge in [-0.15, -0.1) is 5.92 Å². The van der Waals surface area contributed by atoms with Crippen molar-refractivity contribution in [2.45, 2.75) is 33.1 Å². The van der Waals surface area contributed by atoms with Crippen LogP contribution >= 0.6 is 0 Å². The SMILES string of the molecule is CC.CC1[CH-]Cc2ccccc21.[W]. The van der Waals surface area contributed by atoms with Gasteiger partial charge in [-0.25, -0.2) is 0 Å².